The third-order valence-corrected chi connectivity index (χ3v) is 3.37. The maximum Gasteiger partial charge on any atom is 0.337 e. The fraction of sp³-hybridized carbons (Fsp3) is 0.188. The van der Waals surface area contributed by atoms with Crippen molar-refractivity contribution in [3.8, 4) is 0 Å². The van der Waals surface area contributed by atoms with Crippen molar-refractivity contribution in [3.05, 3.63) is 63.9 Å². The van der Waals surface area contributed by atoms with E-state index in [-0.39, 0.29) is 12.4 Å². The smallest absolute Gasteiger partial charge is 0.337 e. The molecule has 0 heterocycles. The van der Waals surface area contributed by atoms with Crippen molar-refractivity contribution in [3.63, 3.8) is 0 Å². The predicted octanol–water partition coefficient (Wildman–Crippen LogP) is 4.19. The zero-order valence-electron chi connectivity index (χ0n) is 11.7. The van der Waals surface area contributed by atoms with E-state index in [9.17, 15) is 9.18 Å². The molecule has 0 saturated heterocycles. The number of esters is 1. The summed E-state index contributed by atoms with van der Waals surface area (Å²) in [5, 5.41) is 3.59. The van der Waals surface area contributed by atoms with E-state index in [1.807, 2.05) is 13.0 Å². The third kappa shape index (κ3) is 3.73. The molecule has 1 N–H and O–H groups in total. The number of carbonyl (C=O) groups is 1. The van der Waals surface area contributed by atoms with Crippen molar-refractivity contribution < 1.29 is 13.9 Å². The molecule has 3 nitrogen and oxygen atoms in total. The molecule has 0 aliphatic heterocycles. The van der Waals surface area contributed by atoms with Gasteiger partial charge in [-0.1, -0.05) is 17.7 Å². The van der Waals surface area contributed by atoms with Crippen LogP contribution < -0.4 is 5.32 Å². The Balaban J connectivity index is 2.19. The second-order valence-corrected chi connectivity index (χ2v) is 5.05. The van der Waals surface area contributed by atoms with E-state index in [1.54, 1.807) is 18.2 Å². The number of anilines is 1. The van der Waals surface area contributed by atoms with Gasteiger partial charge in [-0.25, -0.2) is 9.18 Å². The lowest BCUT2D eigenvalue weighted by atomic mass is 10.1. The lowest BCUT2D eigenvalue weighted by molar-refractivity contribution is 0.0601. The van der Waals surface area contributed by atoms with Crippen LogP contribution in [0.4, 0.5) is 10.1 Å². The van der Waals surface area contributed by atoms with Gasteiger partial charge in [0, 0.05) is 22.8 Å². The Bertz CT molecular complexity index is 673. The van der Waals surface area contributed by atoms with Crippen LogP contribution in [0, 0.1) is 12.7 Å². The van der Waals surface area contributed by atoms with Gasteiger partial charge in [0.1, 0.15) is 5.82 Å². The molecule has 2 aromatic carbocycles. The van der Waals surface area contributed by atoms with Crippen LogP contribution in [0.3, 0.4) is 0 Å². The standard InChI is InChI=1S/C16H15ClFNO2/c1-10-3-4-11(16(20)21-2)8-15(10)19-9-12-7-13(17)5-6-14(12)18/h3-8,19H,9H2,1-2H3. The fourth-order valence-corrected chi connectivity index (χ4v) is 2.12. The van der Waals surface area contributed by atoms with Crippen molar-refractivity contribution >= 4 is 23.3 Å². The minimum atomic E-state index is -0.410. The minimum absolute atomic E-state index is 0.276. The molecule has 0 aliphatic rings. The molecule has 2 aromatic rings. The first-order valence-electron chi connectivity index (χ1n) is 6.38. The molecule has 2 rings (SSSR count). The van der Waals surface area contributed by atoms with Crippen LogP contribution in [0.25, 0.3) is 0 Å². The zero-order chi connectivity index (χ0) is 15.4. The number of aryl methyl sites for hydroxylation is 1. The van der Waals surface area contributed by atoms with E-state index >= 15 is 0 Å². The van der Waals surface area contributed by atoms with Crippen molar-refractivity contribution in [2.24, 2.45) is 0 Å². The van der Waals surface area contributed by atoms with Gasteiger partial charge < -0.3 is 10.1 Å². The number of hydrogen-bond acceptors (Lipinski definition) is 3. The molecule has 0 aromatic heterocycles. The minimum Gasteiger partial charge on any atom is -0.465 e. The summed E-state index contributed by atoms with van der Waals surface area (Å²) >= 11 is 5.86. The molecule has 0 fully saturated rings. The monoisotopic (exact) mass is 307 g/mol. The van der Waals surface area contributed by atoms with E-state index in [1.165, 1.54) is 19.2 Å². The Morgan fingerprint density at radius 2 is 2.05 bits per heavy atom. The van der Waals surface area contributed by atoms with Gasteiger partial charge in [-0.3, -0.25) is 0 Å². The highest BCUT2D eigenvalue weighted by atomic mass is 35.5. The Morgan fingerprint density at radius 3 is 2.76 bits per heavy atom. The molecular weight excluding hydrogens is 293 g/mol. The summed E-state index contributed by atoms with van der Waals surface area (Å²) in [6.45, 7) is 2.18. The van der Waals surface area contributed by atoms with Gasteiger partial charge >= 0.3 is 5.97 Å². The van der Waals surface area contributed by atoms with E-state index in [0.717, 1.165) is 11.3 Å². The van der Waals surface area contributed by atoms with Gasteiger partial charge in [-0.05, 0) is 42.8 Å². The van der Waals surface area contributed by atoms with Crippen LogP contribution in [0.5, 0.6) is 0 Å². The Morgan fingerprint density at radius 1 is 1.29 bits per heavy atom. The number of benzene rings is 2. The van der Waals surface area contributed by atoms with Crippen molar-refractivity contribution in [1.82, 2.24) is 0 Å². The molecule has 0 amide bonds. The molecular formula is C16H15ClFNO2. The van der Waals surface area contributed by atoms with Crippen LogP contribution in [0.15, 0.2) is 36.4 Å². The summed E-state index contributed by atoms with van der Waals surface area (Å²) < 4.78 is 18.3. The van der Waals surface area contributed by atoms with E-state index in [0.29, 0.717) is 16.1 Å². The topological polar surface area (TPSA) is 38.3 Å². The molecule has 0 unspecified atom stereocenters. The molecule has 0 spiro atoms. The van der Waals surface area contributed by atoms with E-state index in [2.05, 4.69) is 10.1 Å². The lowest BCUT2D eigenvalue weighted by Crippen LogP contribution is -2.06. The molecule has 0 radical (unpaired) electrons. The molecule has 21 heavy (non-hydrogen) atoms. The normalized spacial score (nSPS) is 10.3. The Labute approximate surface area is 127 Å². The quantitative estimate of drug-likeness (QED) is 0.861. The van der Waals surface area contributed by atoms with Crippen LogP contribution >= 0.6 is 11.6 Å². The molecule has 0 saturated carbocycles. The average molecular weight is 308 g/mol. The van der Waals surface area contributed by atoms with Crippen molar-refractivity contribution in [1.29, 1.82) is 0 Å². The average Bonchev–Trinajstić information content (AvgIpc) is 2.48. The summed E-state index contributed by atoms with van der Waals surface area (Å²) in [6.07, 6.45) is 0. The van der Waals surface area contributed by atoms with Crippen LogP contribution in [-0.4, -0.2) is 13.1 Å². The largest absolute Gasteiger partial charge is 0.465 e. The Kier molecular flexibility index (Phi) is 4.81. The first kappa shape index (κ1) is 15.3. The number of nitrogens with one attached hydrogen (secondary N) is 1. The summed E-state index contributed by atoms with van der Waals surface area (Å²) in [4.78, 5) is 11.5. The van der Waals surface area contributed by atoms with Crippen molar-refractivity contribution in [2.75, 3.05) is 12.4 Å². The van der Waals surface area contributed by atoms with Gasteiger partial charge in [-0.15, -0.1) is 0 Å². The lowest BCUT2D eigenvalue weighted by Gasteiger charge is -2.12. The van der Waals surface area contributed by atoms with Gasteiger partial charge in [0.2, 0.25) is 0 Å². The first-order chi connectivity index (χ1) is 10.0. The summed E-state index contributed by atoms with van der Waals surface area (Å²) in [5.41, 5.74) is 2.60. The SMILES string of the molecule is COC(=O)c1ccc(C)c(NCc2cc(Cl)ccc2F)c1. The second-order valence-electron chi connectivity index (χ2n) is 4.61. The van der Waals surface area contributed by atoms with E-state index < -0.39 is 5.97 Å². The summed E-state index contributed by atoms with van der Waals surface area (Å²) in [7, 11) is 1.33. The molecule has 5 heteroatoms. The second kappa shape index (κ2) is 6.59. The number of halogens is 2. The van der Waals surface area contributed by atoms with Gasteiger partial charge in [0.15, 0.2) is 0 Å². The van der Waals surface area contributed by atoms with Gasteiger partial charge in [-0.2, -0.15) is 0 Å². The first-order valence-corrected chi connectivity index (χ1v) is 6.76. The van der Waals surface area contributed by atoms with Crippen LogP contribution in [-0.2, 0) is 11.3 Å². The van der Waals surface area contributed by atoms with Crippen LogP contribution in [0.2, 0.25) is 5.02 Å². The highest BCUT2D eigenvalue weighted by molar-refractivity contribution is 6.30. The van der Waals surface area contributed by atoms with Gasteiger partial charge in [0.05, 0.1) is 12.7 Å². The maximum atomic E-state index is 13.7. The third-order valence-electron chi connectivity index (χ3n) is 3.14. The van der Waals surface area contributed by atoms with E-state index in [4.69, 9.17) is 11.6 Å². The number of hydrogen-bond donors (Lipinski definition) is 1. The maximum absolute atomic E-state index is 13.7. The van der Waals surface area contributed by atoms with Gasteiger partial charge in [0.25, 0.3) is 0 Å². The number of methoxy groups -OCH3 is 1. The fourth-order valence-electron chi connectivity index (χ4n) is 1.93. The zero-order valence-corrected chi connectivity index (χ0v) is 12.5. The molecule has 0 aliphatic carbocycles. The Hall–Kier alpha value is -2.07. The van der Waals surface area contributed by atoms with Crippen molar-refractivity contribution in [2.45, 2.75) is 13.5 Å². The predicted molar refractivity (Wildman–Crippen MR) is 81.3 cm³/mol. The molecule has 0 bridgehead atoms. The van der Waals surface area contributed by atoms with Crippen LogP contribution in [0.1, 0.15) is 21.5 Å². The highest BCUT2D eigenvalue weighted by Gasteiger charge is 2.09. The number of ether oxygens (including phenoxy) is 1. The number of carbonyl (C=O) groups excluding carboxylic acids is 1. The highest BCUT2D eigenvalue weighted by Crippen LogP contribution is 2.20. The molecule has 0 atom stereocenters. The summed E-state index contributed by atoms with van der Waals surface area (Å²) in [6, 6.07) is 9.59. The summed E-state index contributed by atoms with van der Waals surface area (Å²) in [5.74, 6) is -0.735. The number of rotatable bonds is 4. The molecule has 110 valence electrons.